The first kappa shape index (κ1) is 25.1. The van der Waals surface area contributed by atoms with E-state index in [0.717, 1.165) is 45.2 Å². The molecular weight excluding hydrogens is 477 g/mol. The van der Waals surface area contributed by atoms with Gasteiger partial charge in [-0.2, -0.15) is 0 Å². The van der Waals surface area contributed by atoms with Crippen LogP contribution in [-0.4, -0.2) is 58.7 Å². The van der Waals surface area contributed by atoms with E-state index < -0.39 is 5.82 Å². The van der Waals surface area contributed by atoms with E-state index in [9.17, 15) is 14.0 Å². The van der Waals surface area contributed by atoms with Crippen LogP contribution in [0, 0.1) is 24.6 Å². The van der Waals surface area contributed by atoms with E-state index in [2.05, 4.69) is 20.4 Å². The Morgan fingerprint density at radius 3 is 2.65 bits per heavy atom. The van der Waals surface area contributed by atoms with E-state index >= 15 is 0 Å². The van der Waals surface area contributed by atoms with Crippen LogP contribution in [0.5, 0.6) is 5.75 Å². The molecule has 0 spiro atoms. The monoisotopic (exact) mass is 509 g/mol. The van der Waals surface area contributed by atoms with Crippen molar-refractivity contribution in [3.8, 4) is 5.75 Å². The van der Waals surface area contributed by atoms with Gasteiger partial charge in [0.2, 0.25) is 5.91 Å². The van der Waals surface area contributed by atoms with Crippen LogP contribution in [0.15, 0.2) is 29.4 Å². The molecule has 1 N–H and O–H groups in total. The second-order valence-corrected chi connectivity index (χ2v) is 10.0. The van der Waals surface area contributed by atoms with Gasteiger partial charge < -0.3 is 19.8 Å². The molecule has 2 aromatic rings. The van der Waals surface area contributed by atoms with Crippen molar-refractivity contribution in [2.45, 2.75) is 58.1 Å². The van der Waals surface area contributed by atoms with Gasteiger partial charge in [0.1, 0.15) is 23.3 Å². The first-order valence-electron chi connectivity index (χ1n) is 12.9. The van der Waals surface area contributed by atoms with Gasteiger partial charge >= 0.3 is 0 Å². The molecule has 37 heavy (non-hydrogen) atoms. The molecule has 1 unspecified atom stereocenters. The van der Waals surface area contributed by atoms with Crippen molar-refractivity contribution >= 4 is 17.5 Å². The van der Waals surface area contributed by atoms with Crippen LogP contribution in [0.25, 0.3) is 0 Å². The van der Waals surface area contributed by atoms with Crippen molar-refractivity contribution < 1.29 is 23.6 Å². The van der Waals surface area contributed by atoms with Gasteiger partial charge in [0.05, 0.1) is 12.8 Å². The van der Waals surface area contributed by atoms with Gasteiger partial charge in [0.15, 0.2) is 11.6 Å². The summed E-state index contributed by atoms with van der Waals surface area (Å²) in [5.41, 5.74) is 2.20. The minimum absolute atomic E-state index is 0.0584. The van der Waals surface area contributed by atoms with E-state index in [-0.39, 0.29) is 35.9 Å². The van der Waals surface area contributed by atoms with Crippen LogP contribution < -0.4 is 10.1 Å². The summed E-state index contributed by atoms with van der Waals surface area (Å²) in [6.45, 7) is 3.47. The summed E-state index contributed by atoms with van der Waals surface area (Å²) in [4.78, 5) is 41.9. The number of hydrogen-bond donors (Lipinski definition) is 1. The number of ether oxygens (including phenoxy) is 1. The molecule has 3 heterocycles. The van der Waals surface area contributed by atoms with E-state index in [1.165, 1.54) is 13.2 Å². The molecule has 5 rings (SSSR count). The number of nitrogens with one attached hydrogen (secondary N) is 1. The summed E-state index contributed by atoms with van der Waals surface area (Å²) in [6, 6.07) is 6.06. The molecule has 1 saturated heterocycles. The summed E-state index contributed by atoms with van der Waals surface area (Å²) in [7, 11) is 1.39. The second-order valence-electron chi connectivity index (χ2n) is 10.0. The fraction of sp³-hybridized carbons (Fsp3) is 0.519. The number of hydrogen-bond acceptors (Lipinski definition) is 7. The third-order valence-corrected chi connectivity index (χ3v) is 7.56. The van der Waals surface area contributed by atoms with E-state index in [0.29, 0.717) is 41.0 Å². The number of piperidine rings is 1. The van der Waals surface area contributed by atoms with E-state index in [4.69, 9.17) is 9.57 Å². The normalized spacial score (nSPS) is 20.1. The molecule has 1 aromatic heterocycles. The van der Waals surface area contributed by atoms with Gasteiger partial charge in [0.25, 0.3) is 5.91 Å². The fourth-order valence-electron chi connectivity index (χ4n) is 5.12. The molecule has 2 aliphatic heterocycles. The highest BCUT2D eigenvalue weighted by Gasteiger charge is 2.36. The van der Waals surface area contributed by atoms with Crippen LogP contribution >= 0.6 is 0 Å². The first-order valence-corrected chi connectivity index (χ1v) is 12.9. The summed E-state index contributed by atoms with van der Waals surface area (Å²) >= 11 is 0. The number of aromatic nitrogens is 2. The highest BCUT2D eigenvalue weighted by atomic mass is 19.1. The van der Waals surface area contributed by atoms with E-state index in [1.807, 2.05) is 4.90 Å². The highest BCUT2D eigenvalue weighted by molar-refractivity contribution is 6.02. The van der Waals surface area contributed by atoms with Crippen molar-refractivity contribution in [3.05, 3.63) is 52.9 Å². The van der Waals surface area contributed by atoms with Gasteiger partial charge in [-0.3, -0.25) is 9.59 Å². The standard InChI is InChI=1S/C27H32FN5O4/c1-16-30-21(13-23(31-16)26(34)29-15-17-6-7-20(28)25(12-17)36-2)22-14-24(37-32-22)18-8-10-33(11-9-18)27(35)19-4-3-5-19/h6-7,12-13,18-19,24H,3-5,8-11,14-15H2,1-2H3,(H,29,34). The van der Waals surface area contributed by atoms with Gasteiger partial charge in [-0.15, -0.1) is 0 Å². The number of benzene rings is 1. The van der Waals surface area contributed by atoms with E-state index in [1.54, 1.807) is 25.1 Å². The number of rotatable bonds is 7. The number of amides is 2. The molecule has 0 bridgehead atoms. The minimum atomic E-state index is -0.459. The van der Waals surface area contributed by atoms with Crippen LogP contribution in [-0.2, 0) is 16.2 Å². The second kappa shape index (κ2) is 10.8. The largest absolute Gasteiger partial charge is 0.494 e. The molecular formula is C27H32FN5O4. The molecule has 2 amide bonds. The number of carbonyl (C=O) groups is 2. The SMILES string of the molecule is COc1cc(CNC(=O)c2cc(C3=NOC(C4CCN(C(=O)C5CCC5)CC4)C3)nc(C)n2)ccc1F. The molecule has 1 aliphatic carbocycles. The van der Waals surface area contributed by atoms with Gasteiger partial charge in [-0.05, 0) is 56.4 Å². The van der Waals surface area contributed by atoms with Crippen molar-refractivity contribution in [3.63, 3.8) is 0 Å². The lowest BCUT2D eigenvalue weighted by Crippen LogP contribution is -2.45. The Morgan fingerprint density at radius 1 is 1.16 bits per heavy atom. The molecule has 0 radical (unpaired) electrons. The fourth-order valence-corrected chi connectivity index (χ4v) is 5.12. The van der Waals surface area contributed by atoms with Gasteiger partial charge in [-0.1, -0.05) is 17.6 Å². The van der Waals surface area contributed by atoms with Crippen molar-refractivity contribution in [1.82, 2.24) is 20.2 Å². The van der Waals surface area contributed by atoms with Crippen LogP contribution in [0.3, 0.4) is 0 Å². The zero-order chi connectivity index (χ0) is 25.9. The van der Waals surface area contributed by atoms with Gasteiger partial charge in [-0.25, -0.2) is 14.4 Å². The molecule has 1 atom stereocenters. The topological polar surface area (TPSA) is 106 Å². The molecule has 10 heteroatoms. The molecule has 9 nitrogen and oxygen atoms in total. The lowest BCUT2D eigenvalue weighted by molar-refractivity contribution is -0.140. The Kier molecular flexibility index (Phi) is 7.34. The summed E-state index contributed by atoms with van der Waals surface area (Å²) < 4.78 is 18.6. The average molecular weight is 510 g/mol. The molecule has 196 valence electrons. The number of halogens is 1. The third kappa shape index (κ3) is 5.57. The Balaban J connectivity index is 1.17. The Hall–Kier alpha value is -3.56. The number of carbonyl (C=O) groups excluding carboxylic acids is 2. The molecule has 3 aliphatic rings. The minimum Gasteiger partial charge on any atom is -0.494 e. The molecule has 1 aromatic carbocycles. The Morgan fingerprint density at radius 2 is 1.95 bits per heavy atom. The summed E-state index contributed by atoms with van der Waals surface area (Å²) in [5.74, 6) is 0.630. The lowest BCUT2D eigenvalue weighted by atomic mass is 9.83. The predicted octanol–water partition coefficient (Wildman–Crippen LogP) is 3.39. The van der Waals surface area contributed by atoms with Crippen molar-refractivity contribution in [1.29, 1.82) is 0 Å². The van der Waals surface area contributed by atoms with Crippen LogP contribution in [0.2, 0.25) is 0 Å². The van der Waals surface area contributed by atoms with Crippen molar-refractivity contribution in [2.24, 2.45) is 17.0 Å². The van der Waals surface area contributed by atoms with Crippen molar-refractivity contribution in [2.75, 3.05) is 20.2 Å². The quantitative estimate of drug-likeness (QED) is 0.613. The smallest absolute Gasteiger partial charge is 0.270 e. The van der Waals surface area contributed by atoms with Gasteiger partial charge in [0, 0.05) is 37.9 Å². The average Bonchev–Trinajstić information content (AvgIpc) is 3.37. The maximum Gasteiger partial charge on any atom is 0.270 e. The summed E-state index contributed by atoms with van der Waals surface area (Å²) in [6.07, 6.45) is 5.57. The molecule has 1 saturated carbocycles. The number of oxime groups is 1. The number of methoxy groups -OCH3 is 1. The third-order valence-electron chi connectivity index (χ3n) is 7.56. The Labute approximate surface area is 215 Å². The number of likely N-dealkylation sites (tertiary alicyclic amines) is 1. The predicted molar refractivity (Wildman–Crippen MR) is 134 cm³/mol. The maximum absolute atomic E-state index is 13.6. The Bertz CT molecular complexity index is 1210. The highest BCUT2D eigenvalue weighted by Crippen LogP contribution is 2.33. The number of nitrogens with zero attached hydrogens (tertiary/aromatic N) is 4. The number of aryl methyl sites for hydroxylation is 1. The van der Waals surface area contributed by atoms with Crippen LogP contribution in [0.4, 0.5) is 4.39 Å². The lowest BCUT2D eigenvalue weighted by Gasteiger charge is -2.37. The molecule has 2 fully saturated rings. The zero-order valence-electron chi connectivity index (χ0n) is 21.2. The summed E-state index contributed by atoms with van der Waals surface area (Å²) in [5, 5.41) is 7.10. The maximum atomic E-state index is 13.6. The van der Waals surface area contributed by atoms with Crippen LogP contribution in [0.1, 0.15) is 66.1 Å². The zero-order valence-corrected chi connectivity index (χ0v) is 21.2. The first-order chi connectivity index (χ1) is 17.9.